The van der Waals surface area contributed by atoms with Crippen molar-refractivity contribution < 1.29 is 4.57 Å². The molecule has 4 heteroatoms. The van der Waals surface area contributed by atoms with Crippen LogP contribution in [0.1, 0.15) is 0 Å². The summed E-state index contributed by atoms with van der Waals surface area (Å²) >= 11 is 0. The molecule has 0 aromatic heterocycles. The van der Waals surface area contributed by atoms with Crippen molar-refractivity contribution in [3.05, 3.63) is 11.6 Å². The van der Waals surface area contributed by atoms with Crippen molar-refractivity contribution in [3.63, 3.8) is 0 Å². The van der Waals surface area contributed by atoms with Gasteiger partial charge in [0.05, 0.1) is 0 Å². The van der Waals surface area contributed by atoms with Crippen molar-refractivity contribution in [2.75, 3.05) is 0 Å². The van der Waals surface area contributed by atoms with Crippen LogP contribution in [0.15, 0.2) is 16.6 Å². The van der Waals surface area contributed by atoms with E-state index in [0.717, 1.165) is 11.0 Å². The zero-order valence-electron chi connectivity index (χ0n) is 3.33. The lowest BCUT2D eigenvalue weighted by molar-refractivity contribution is 0.576. The molecule has 0 spiro atoms. The highest BCUT2D eigenvalue weighted by molar-refractivity contribution is 7.96. The highest BCUT2D eigenvalue weighted by Gasteiger charge is 2.73. The first-order valence-corrected chi connectivity index (χ1v) is 3.71. The topological polar surface area (TPSA) is 32.4 Å². The maximum Gasteiger partial charge on any atom is 0.288 e. The summed E-state index contributed by atoms with van der Waals surface area (Å²) in [5.74, 6) is 0. The predicted octanol–water partition coefficient (Wildman–Crippen LogP) is 0.762. The second-order valence-electron chi connectivity index (χ2n) is 1.82. The summed E-state index contributed by atoms with van der Waals surface area (Å²) in [6, 6.07) is 0. The molecule has 0 radical (unpaired) electrons. The molecule has 1 fully saturated rings. The quantitative estimate of drug-likeness (QED) is 0.342. The minimum atomic E-state index is -1.85. The van der Waals surface area contributed by atoms with E-state index in [1.165, 1.54) is 0 Å². The summed E-state index contributed by atoms with van der Waals surface area (Å²) in [5, 5.41) is 0. The summed E-state index contributed by atoms with van der Waals surface area (Å²) in [6.45, 7) is 0. The summed E-state index contributed by atoms with van der Waals surface area (Å²) in [4.78, 5) is 3.88. The highest BCUT2D eigenvalue weighted by atomic mass is 31.2. The molecule has 0 amide bonds. The number of amidine groups is 1. The first kappa shape index (κ1) is 2.68. The van der Waals surface area contributed by atoms with Crippen molar-refractivity contribution in [3.8, 4) is 0 Å². The molecule has 0 N–H and O–H groups in total. The van der Waals surface area contributed by atoms with E-state index < -0.39 is 7.29 Å². The molecule has 3 nitrogen and oxygen atoms in total. The van der Waals surface area contributed by atoms with E-state index >= 15 is 0 Å². The van der Waals surface area contributed by atoms with Crippen molar-refractivity contribution >= 4 is 12.9 Å². The number of fused-ring (bicyclic) bond motifs is 1. The van der Waals surface area contributed by atoms with Crippen LogP contribution < -0.4 is 0 Å². The van der Waals surface area contributed by atoms with Crippen molar-refractivity contribution in [2.45, 2.75) is 0 Å². The number of rotatable bonds is 0. The number of nitrogens with zero attached hydrogens (tertiary/aromatic N) is 2. The van der Waals surface area contributed by atoms with E-state index in [9.17, 15) is 4.57 Å². The zero-order valence-corrected chi connectivity index (χ0v) is 4.22. The van der Waals surface area contributed by atoms with Crippen LogP contribution in [0.2, 0.25) is 0 Å². The van der Waals surface area contributed by atoms with Gasteiger partial charge in [-0.1, -0.05) is 0 Å². The van der Waals surface area contributed by atoms with Gasteiger partial charge in [0, 0.05) is 6.20 Å². The normalized spacial score (nSPS) is 47.7. The highest BCUT2D eigenvalue weighted by Crippen LogP contribution is 2.87. The molecule has 0 bridgehead atoms. The van der Waals surface area contributed by atoms with Gasteiger partial charge in [-0.2, -0.15) is 0 Å². The molecule has 0 aromatic rings. The van der Waals surface area contributed by atoms with Crippen LogP contribution in [0.3, 0.4) is 0 Å². The summed E-state index contributed by atoms with van der Waals surface area (Å²) in [7, 11) is -1.85. The summed E-state index contributed by atoms with van der Waals surface area (Å²) < 4.78 is 12.6. The SMILES string of the molecule is O=P12C3=CN1C2=N3. The molecule has 3 aliphatic rings. The van der Waals surface area contributed by atoms with Gasteiger partial charge >= 0.3 is 0 Å². The lowest BCUT2D eigenvalue weighted by atomic mass is 10.9. The van der Waals surface area contributed by atoms with Gasteiger partial charge in [-0.25, -0.2) is 4.99 Å². The third-order valence-electron chi connectivity index (χ3n) is 1.50. The minimum Gasteiger partial charge on any atom is -0.284 e. The smallest absolute Gasteiger partial charge is 0.284 e. The number of aliphatic imine (C=N–C) groups is 1. The molecule has 7 heavy (non-hydrogen) atoms. The third kappa shape index (κ3) is 0.0855. The first-order valence-electron chi connectivity index (χ1n) is 2.05. The van der Waals surface area contributed by atoms with Crippen LogP contribution in [0.25, 0.3) is 0 Å². The predicted molar refractivity (Wildman–Crippen MR) is 25.0 cm³/mol. The van der Waals surface area contributed by atoms with Crippen LogP contribution in [-0.4, -0.2) is 10.2 Å². The lowest BCUT2D eigenvalue weighted by Crippen LogP contribution is -1.87. The van der Waals surface area contributed by atoms with Gasteiger partial charge in [0.1, 0.15) is 5.44 Å². The van der Waals surface area contributed by atoms with E-state index in [1.807, 2.05) is 6.20 Å². The molecular formula is C3HN2OP. The van der Waals surface area contributed by atoms with Crippen molar-refractivity contribution in [2.24, 2.45) is 4.99 Å². The third-order valence-corrected chi connectivity index (χ3v) is 3.92. The molecule has 34 valence electrons. The maximum absolute atomic E-state index is 10.9. The van der Waals surface area contributed by atoms with Gasteiger partial charge in [0.15, 0.2) is 0 Å². The molecule has 1 saturated heterocycles. The molecule has 1 unspecified atom stereocenters. The van der Waals surface area contributed by atoms with Gasteiger partial charge in [-0.05, 0) is 0 Å². The molecule has 0 saturated carbocycles. The van der Waals surface area contributed by atoms with Crippen LogP contribution >= 0.6 is 7.29 Å². The van der Waals surface area contributed by atoms with E-state index in [-0.39, 0.29) is 0 Å². The molecular weight excluding hydrogens is 111 g/mol. The van der Waals surface area contributed by atoms with Crippen LogP contribution in [0.4, 0.5) is 0 Å². The van der Waals surface area contributed by atoms with Gasteiger partial charge in [0.25, 0.3) is 7.29 Å². The van der Waals surface area contributed by atoms with E-state index in [4.69, 9.17) is 0 Å². The Hall–Kier alpha value is -0.560. The first-order chi connectivity index (χ1) is 3.33. The minimum absolute atomic E-state index is 0.836. The summed E-state index contributed by atoms with van der Waals surface area (Å²) in [5.41, 5.74) is 1.67. The fourth-order valence-corrected chi connectivity index (χ4v) is 2.85. The van der Waals surface area contributed by atoms with Gasteiger partial charge in [0.2, 0.25) is 5.58 Å². The average molecular weight is 112 g/mol. The lowest BCUT2D eigenvalue weighted by Gasteiger charge is -2.05. The Morgan fingerprint density at radius 2 is 2.71 bits per heavy atom. The Kier molecular flexibility index (Phi) is 0.152. The van der Waals surface area contributed by atoms with Gasteiger partial charge < -0.3 is 0 Å². The molecule has 1 atom stereocenters. The van der Waals surface area contributed by atoms with E-state index in [1.54, 1.807) is 4.67 Å². The fraction of sp³-hybridized carbons (Fsp3) is 0. The Labute approximate surface area is 39.8 Å². The average Bonchev–Trinajstić information content (AvgIpc) is 2.27. The van der Waals surface area contributed by atoms with E-state index in [2.05, 4.69) is 4.99 Å². The second-order valence-corrected chi connectivity index (χ2v) is 4.26. The van der Waals surface area contributed by atoms with Gasteiger partial charge in [-0.15, -0.1) is 0 Å². The fourth-order valence-electron chi connectivity index (χ4n) is 0.964. The largest absolute Gasteiger partial charge is 0.288 e. The molecule has 3 heterocycles. The second kappa shape index (κ2) is 0.397. The number of hydrogen-bond donors (Lipinski definition) is 0. The number of hydrogen-bond acceptors (Lipinski definition) is 2. The summed E-state index contributed by atoms with van der Waals surface area (Å²) in [6.07, 6.45) is 1.83. The standard InChI is InChI=1S/C3HN2OP/c6-7-2-1-5(7)3(7)4-2/h1H. The monoisotopic (exact) mass is 112 g/mol. The Morgan fingerprint density at radius 1 is 1.86 bits per heavy atom. The Balaban J connectivity index is 2.74. The zero-order chi connectivity index (χ0) is 4.65. The molecule has 3 aliphatic heterocycles. The van der Waals surface area contributed by atoms with Crippen molar-refractivity contribution in [1.82, 2.24) is 4.67 Å². The molecule has 0 aliphatic carbocycles. The Morgan fingerprint density at radius 3 is 2.71 bits per heavy atom. The van der Waals surface area contributed by atoms with Crippen LogP contribution in [0.5, 0.6) is 0 Å². The van der Waals surface area contributed by atoms with Crippen LogP contribution in [-0.2, 0) is 4.57 Å². The van der Waals surface area contributed by atoms with E-state index in [0.29, 0.717) is 0 Å². The van der Waals surface area contributed by atoms with Crippen molar-refractivity contribution in [1.29, 1.82) is 0 Å². The Bertz CT molecular complexity index is 277. The van der Waals surface area contributed by atoms with Gasteiger partial charge in [-0.3, -0.25) is 9.24 Å². The van der Waals surface area contributed by atoms with Crippen LogP contribution in [0, 0.1) is 0 Å². The molecule has 0 aromatic carbocycles. The maximum atomic E-state index is 10.9. The molecule has 3 rings (SSSR count).